The number of piperazine rings is 1. The third-order valence-corrected chi connectivity index (χ3v) is 4.07. The molecule has 0 spiro atoms. The van der Waals surface area contributed by atoms with Gasteiger partial charge in [-0.3, -0.25) is 9.69 Å². The first kappa shape index (κ1) is 15.0. The fourth-order valence-corrected chi connectivity index (χ4v) is 2.51. The van der Waals surface area contributed by atoms with E-state index in [0.29, 0.717) is 6.54 Å². The lowest BCUT2D eigenvalue weighted by molar-refractivity contribution is -0.132. The van der Waals surface area contributed by atoms with Crippen LogP contribution in [0.15, 0.2) is 4.52 Å². The Kier molecular flexibility index (Phi) is 4.45. The van der Waals surface area contributed by atoms with E-state index < -0.39 is 5.54 Å². The Balaban J connectivity index is 1.96. The SMILES string of the molecule is Cc1noc(C)c1CNC(=O)C(C)(C)N1CCNCC1. The molecule has 1 fully saturated rings. The van der Waals surface area contributed by atoms with Gasteiger partial charge in [-0.05, 0) is 27.7 Å². The first-order chi connectivity index (χ1) is 9.43. The van der Waals surface area contributed by atoms with E-state index in [9.17, 15) is 4.79 Å². The zero-order valence-electron chi connectivity index (χ0n) is 12.7. The molecule has 0 saturated carbocycles. The molecule has 112 valence electrons. The molecule has 1 aromatic rings. The highest BCUT2D eigenvalue weighted by atomic mass is 16.5. The van der Waals surface area contributed by atoms with Crippen LogP contribution in [-0.4, -0.2) is 47.7 Å². The molecule has 2 rings (SSSR count). The van der Waals surface area contributed by atoms with Gasteiger partial charge in [-0.2, -0.15) is 0 Å². The minimum absolute atomic E-state index is 0.0411. The van der Waals surface area contributed by atoms with Crippen molar-refractivity contribution in [1.29, 1.82) is 0 Å². The van der Waals surface area contributed by atoms with E-state index >= 15 is 0 Å². The first-order valence-corrected chi connectivity index (χ1v) is 7.08. The lowest BCUT2D eigenvalue weighted by Crippen LogP contribution is -2.59. The van der Waals surface area contributed by atoms with Gasteiger partial charge in [0.15, 0.2) is 0 Å². The standard InChI is InChI=1S/C14H24N4O2/c1-10-12(11(2)20-17-10)9-16-13(19)14(3,4)18-7-5-15-6-8-18/h15H,5-9H2,1-4H3,(H,16,19). The molecule has 2 heterocycles. The van der Waals surface area contributed by atoms with Gasteiger partial charge in [0.25, 0.3) is 0 Å². The molecule has 1 saturated heterocycles. The monoisotopic (exact) mass is 280 g/mol. The molecule has 6 heteroatoms. The molecule has 0 unspecified atom stereocenters. The summed E-state index contributed by atoms with van der Waals surface area (Å²) in [7, 11) is 0. The Morgan fingerprint density at radius 2 is 2.05 bits per heavy atom. The highest BCUT2D eigenvalue weighted by Crippen LogP contribution is 2.17. The predicted octanol–water partition coefficient (Wildman–Crippen LogP) is 0.591. The first-order valence-electron chi connectivity index (χ1n) is 7.08. The van der Waals surface area contributed by atoms with Gasteiger partial charge in [0.2, 0.25) is 5.91 Å². The van der Waals surface area contributed by atoms with E-state index in [1.54, 1.807) is 0 Å². The van der Waals surface area contributed by atoms with Gasteiger partial charge >= 0.3 is 0 Å². The molecule has 1 aliphatic rings. The summed E-state index contributed by atoms with van der Waals surface area (Å²) in [5.41, 5.74) is 1.30. The summed E-state index contributed by atoms with van der Waals surface area (Å²) < 4.78 is 5.11. The quantitative estimate of drug-likeness (QED) is 0.845. The number of carbonyl (C=O) groups is 1. The van der Waals surface area contributed by atoms with Crippen LogP contribution in [0.4, 0.5) is 0 Å². The summed E-state index contributed by atoms with van der Waals surface area (Å²) >= 11 is 0. The fraction of sp³-hybridized carbons (Fsp3) is 0.714. The number of aromatic nitrogens is 1. The Labute approximate surface area is 119 Å². The van der Waals surface area contributed by atoms with Crippen LogP contribution >= 0.6 is 0 Å². The van der Waals surface area contributed by atoms with Crippen molar-refractivity contribution >= 4 is 5.91 Å². The van der Waals surface area contributed by atoms with Crippen LogP contribution in [0.5, 0.6) is 0 Å². The number of carbonyl (C=O) groups excluding carboxylic acids is 1. The molecular weight excluding hydrogens is 256 g/mol. The number of hydrogen-bond donors (Lipinski definition) is 2. The van der Waals surface area contributed by atoms with Crippen molar-refractivity contribution in [2.45, 2.75) is 39.8 Å². The van der Waals surface area contributed by atoms with E-state index in [-0.39, 0.29) is 5.91 Å². The highest BCUT2D eigenvalue weighted by molar-refractivity contribution is 5.85. The van der Waals surface area contributed by atoms with E-state index in [4.69, 9.17) is 4.52 Å². The van der Waals surface area contributed by atoms with Gasteiger partial charge in [0, 0.05) is 38.3 Å². The molecule has 0 bridgehead atoms. The number of nitrogens with zero attached hydrogens (tertiary/aromatic N) is 2. The maximum Gasteiger partial charge on any atom is 0.240 e. The van der Waals surface area contributed by atoms with E-state index in [0.717, 1.165) is 43.2 Å². The van der Waals surface area contributed by atoms with Crippen LogP contribution in [0.25, 0.3) is 0 Å². The molecule has 0 atom stereocenters. The number of rotatable bonds is 4. The second kappa shape index (κ2) is 5.93. The third-order valence-electron chi connectivity index (χ3n) is 4.07. The minimum Gasteiger partial charge on any atom is -0.361 e. The second-order valence-corrected chi connectivity index (χ2v) is 5.78. The average Bonchev–Trinajstić information content (AvgIpc) is 2.76. The predicted molar refractivity (Wildman–Crippen MR) is 76.3 cm³/mol. The largest absolute Gasteiger partial charge is 0.361 e. The Morgan fingerprint density at radius 3 is 2.60 bits per heavy atom. The van der Waals surface area contributed by atoms with E-state index in [2.05, 4.69) is 20.7 Å². The summed E-state index contributed by atoms with van der Waals surface area (Å²) in [6.45, 7) is 11.8. The average molecular weight is 280 g/mol. The Morgan fingerprint density at radius 1 is 1.40 bits per heavy atom. The van der Waals surface area contributed by atoms with Crippen molar-refractivity contribution < 1.29 is 9.32 Å². The van der Waals surface area contributed by atoms with Crippen molar-refractivity contribution in [2.75, 3.05) is 26.2 Å². The minimum atomic E-state index is -0.499. The number of amides is 1. The summed E-state index contributed by atoms with van der Waals surface area (Å²) in [6, 6.07) is 0. The Bertz CT molecular complexity index is 456. The third kappa shape index (κ3) is 3.02. The van der Waals surface area contributed by atoms with Crippen molar-refractivity contribution in [3.05, 3.63) is 17.0 Å². The van der Waals surface area contributed by atoms with Gasteiger partial charge in [-0.25, -0.2) is 0 Å². The van der Waals surface area contributed by atoms with Gasteiger partial charge in [-0.15, -0.1) is 0 Å². The zero-order chi connectivity index (χ0) is 14.8. The number of nitrogens with one attached hydrogen (secondary N) is 2. The van der Waals surface area contributed by atoms with Crippen LogP contribution in [0, 0.1) is 13.8 Å². The van der Waals surface area contributed by atoms with Gasteiger partial charge in [0.1, 0.15) is 5.76 Å². The fourth-order valence-electron chi connectivity index (χ4n) is 2.51. The molecule has 1 aromatic heterocycles. The van der Waals surface area contributed by atoms with E-state index in [1.807, 2.05) is 27.7 Å². The molecule has 2 N–H and O–H groups in total. The van der Waals surface area contributed by atoms with Crippen LogP contribution in [-0.2, 0) is 11.3 Å². The lowest BCUT2D eigenvalue weighted by atomic mass is 10.00. The molecule has 1 amide bonds. The Hall–Kier alpha value is -1.40. The summed E-state index contributed by atoms with van der Waals surface area (Å²) in [6.07, 6.45) is 0. The highest BCUT2D eigenvalue weighted by Gasteiger charge is 2.35. The van der Waals surface area contributed by atoms with Crippen LogP contribution < -0.4 is 10.6 Å². The van der Waals surface area contributed by atoms with Gasteiger partial charge < -0.3 is 15.2 Å². The topological polar surface area (TPSA) is 70.4 Å². The maximum absolute atomic E-state index is 12.5. The molecule has 0 aromatic carbocycles. The molecular formula is C14H24N4O2. The van der Waals surface area contributed by atoms with Crippen molar-refractivity contribution in [2.24, 2.45) is 0 Å². The number of aryl methyl sites for hydroxylation is 2. The van der Waals surface area contributed by atoms with Gasteiger partial charge in [-0.1, -0.05) is 5.16 Å². The van der Waals surface area contributed by atoms with Crippen molar-refractivity contribution in [3.63, 3.8) is 0 Å². The maximum atomic E-state index is 12.5. The number of hydrogen-bond acceptors (Lipinski definition) is 5. The van der Waals surface area contributed by atoms with Crippen LogP contribution in [0.1, 0.15) is 30.9 Å². The summed E-state index contributed by atoms with van der Waals surface area (Å²) in [5.74, 6) is 0.808. The normalized spacial score (nSPS) is 17.2. The molecule has 0 aliphatic carbocycles. The molecule has 1 aliphatic heterocycles. The molecule has 20 heavy (non-hydrogen) atoms. The van der Waals surface area contributed by atoms with Crippen molar-refractivity contribution in [1.82, 2.24) is 20.7 Å². The second-order valence-electron chi connectivity index (χ2n) is 5.78. The zero-order valence-corrected chi connectivity index (χ0v) is 12.7. The summed E-state index contributed by atoms with van der Waals surface area (Å²) in [4.78, 5) is 14.7. The molecule has 6 nitrogen and oxygen atoms in total. The van der Waals surface area contributed by atoms with Crippen LogP contribution in [0.3, 0.4) is 0 Å². The van der Waals surface area contributed by atoms with Crippen molar-refractivity contribution in [3.8, 4) is 0 Å². The summed E-state index contributed by atoms with van der Waals surface area (Å²) in [5, 5.41) is 10.2. The van der Waals surface area contributed by atoms with Gasteiger partial charge in [0.05, 0.1) is 11.2 Å². The van der Waals surface area contributed by atoms with Crippen LogP contribution in [0.2, 0.25) is 0 Å². The van der Waals surface area contributed by atoms with E-state index in [1.165, 1.54) is 0 Å². The lowest BCUT2D eigenvalue weighted by Gasteiger charge is -2.39. The molecule has 0 radical (unpaired) electrons. The smallest absolute Gasteiger partial charge is 0.240 e.